The third-order valence-electron chi connectivity index (χ3n) is 4.05. The molecule has 7 nitrogen and oxygen atoms in total. The average Bonchev–Trinajstić information content (AvgIpc) is 3.09. The predicted octanol–water partition coefficient (Wildman–Crippen LogP) is 2.85. The standard InChI is InChI=1S/C19H19FN2O5S2/c1-22(2)29(25,26)18-8-3-5-14(9-18)12-28(23,24)13-17-11-27-19(21-17)15-6-4-7-16(20)10-15/h3-11H,12-13H2,1-2H3. The lowest BCUT2D eigenvalue weighted by atomic mass is 10.2. The van der Waals surface area contributed by atoms with Crippen molar-refractivity contribution in [1.82, 2.24) is 9.29 Å². The number of hydrogen-bond donors (Lipinski definition) is 0. The van der Waals surface area contributed by atoms with Gasteiger partial charge >= 0.3 is 0 Å². The first kappa shape index (κ1) is 21.2. The van der Waals surface area contributed by atoms with Gasteiger partial charge in [-0.2, -0.15) is 0 Å². The van der Waals surface area contributed by atoms with Crippen LogP contribution in [-0.4, -0.2) is 40.2 Å². The number of aromatic nitrogens is 1. The molecule has 3 rings (SSSR count). The Morgan fingerprint density at radius 2 is 1.72 bits per heavy atom. The van der Waals surface area contributed by atoms with Crippen LogP contribution < -0.4 is 0 Å². The molecular formula is C19H19FN2O5S2. The Bertz CT molecular complexity index is 1230. The Labute approximate surface area is 168 Å². The third-order valence-corrected chi connectivity index (χ3v) is 7.37. The second-order valence-corrected chi connectivity index (χ2v) is 10.8. The Morgan fingerprint density at radius 3 is 2.41 bits per heavy atom. The largest absolute Gasteiger partial charge is 0.444 e. The fraction of sp³-hybridized carbons (Fsp3) is 0.211. The Morgan fingerprint density at radius 1 is 1.00 bits per heavy atom. The van der Waals surface area contributed by atoms with E-state index >= 15 is 0 Å². The van der Waals surface area contributed by atoms with E-state index in [0.29, 0.717) is 11.1 Å². The van der Waals surface area contributed by atoms with Gasteiger partial charge in [0.05, 0.1) is 22.1 Å². The van der Waals surface area contributed by atoms with Crippen molar-refractivity contribution < 1.29 is 25.6 Å². The van der Waals surface area contributed by atoms with Crippen molar-refractivity contribution in [3.63, 3.8) is 0 Å². The zero-order chi connectivity index (χ0) is 21.2. The molecule has 0 saturated heterocycles. The fourth-order valence-electron chi connectivity index (χ4n) is 2.66. The molecule has 0 unspecified atom stereocenters. The monoisotopic (exact) mass is 438 g/mol. The van der Waals surface area contributed by atoms with Gasteiger partial charge in [-0.25, -0.2) is 30.5 Å². The van der Waals surface area contributed by atoms with E-state index in [1.54, 1.807) is 12.1 Å². The van der Waals surface area contributed by atoms with Crippen molar-refractivity contribution in [1.29, 1.82) is 0 Å². The molecule has 1 aromatic heterocycles. The van der Waals surface area contributed by atoms with Gasteiger partial charge in [0.2, 0.25) is 15.9 Å². The predicted molar refractivity (Wildman–Crippen MR) is 106 cm³/mol. The number of benzene rings is 2. The molecule has 0 aliphatic carbocycles. The molecule has 10 heteroatoms. The van der Waals surface area contributed by atoms with Gasteiger partial charge in [-0.3, -0.25) is 0 Å². The highest BCUT2D eigenvalue weighted by Gasteiger charge is 2.20. The van der Waals surface area contributed by atoms with Crippen LogP contribution >= 0.6 is 0 Å². The van der Waals surface area contributed by atoms with Gasteiger partial charge in [-0.15, -0.1) is 0 Å². The minimum atomic E-state index is -3.66. The maximum atomic E-state index is 13.3. The van der Waals surface area contributed by atoms with E-state index < -0.39 is 31.4 Å². The highest BCUT2D eigenvalue weighted by Crippen LogP contribution is 2.22. The number of rotatable bonds is 7. The van der Waals surface area contributed by atoms with E-state index in [2.05, 4.69) is 4.98 Å². The number of oxazole rings is 1. The summed E-state index contributed by atoms with van der Waals surface area (Å²) in [5.41, 5.74) is 0.929. The van der Waals surface area contributed by atoms with Gasteiger partial charge in [-0.1, -0.05) is 18.2 Å². The van der Waals surface area contributed by atoms with Crippen molar-refractivity contribution in [3.05, 3.63) is 71.9 Å². The molecule has 0 aliphatic rings. The lowest BCUT2D eigenvalue weighted by Gasteiger charge is -2.12. The van der Waals surface area contributed by atoms with Crippen LogP contribution in [0.1, 0.15) is 11.3 Å². The van der Waals surface area contributed by atoms with Crippen LogP contribution in [0.4, 0.5) is 4.39 Å². The van der Waals surface area contributed by atoms with Gasteiger partial charge in [0, 0.05) is 19.7 Å². The summed E-state index contributed by atoms with van der Waals surface area (Å²) in [4.78, 5) is 4.13. The highest BCUT2D eigenvalue weighted by molar-refractivity contribution is 7.90. The number of nitrogens with zero attached hydrogens (tertiary/aromatic N) is 2. The molecule has 0 saturated carbocycles. The van der Waals surface area contributed by atoms with Crippen LogP contribution in [0.5, 0.6) is 0 Å². The van der Waals surface area contributed by atoms with E-state index in [1.165, 1.54) is 56.8 Å². The van der Waals surface area contributed by atoms with E-state index in [0.717, 1.165) is 4.31 Å². The molecule has 0 amide bonds. The third kappa shape index (κ3) is 5.08. The summed E-state index contributed by atoms with van der Waals surface area (Å²) in [5.74, 6) is -1.08. The molecule has 0 fully saturated rings. The van der Waals surface area contributed by atoms with Crippen LogP contribution in [0.2, 0.25) is 0 Å². The van der Waals surface area contributed by atoms with E-state index in [1.807, 2.05) is 0 Å². The van der Waals surface area contributed by atoms with Crippen LogP contribution in [0.15, 0.2) is 64.1 Å². The summed E-state index contributed by atoms with van der Waals surface area (Å²) >= 11 is 0. The minimum Gasteiger partial charge on any atom is -0.444 e. The van der Waals surface area contributed by atoms with Crippen LogP contribution in [-0.2, 0) is 31.4 Å². The normalized spacial score (nSPS) is 12.4. The lowest BCUT2D eigenvalue weighted by Crippen LogP contribution is -2.22. The average molecular weight is 439 g/mol. The molecule has 2 aromatic carbocycles. The first-order valence-corrected chi connectivity index (χ1v) is 11.8. The molecule has 0 radical (unpaired) electrons. The molecule has 29 heavy (non-hydrogen) atoms. The topological polar surface area (TPSA) is 97.6 Å². The van der Waals surface area contributed by atoms with Crippen molar-refractivity contribution >= 4 is 19.9 Å². The van der Waals surface area contributed by atoms with Gasteiger partial charge < -0.3 is 4.42 Å². The lowest BCUT2D eigenvalue weighted by molar-refractivity contribution is 0.520. The Kier molecular flexibility index (Phi) is 5.87. The number of hydrogen-bond acceptors (Lipinski definition) is 6. The number of halogens is 1. The molecule has 154 valence electrons. The smallest absolute Gasteiger partial charge is 0.242 e. The molecule has 0 N–H and O–H groups in total. The van der Waals surface area contributed by atoms with Gasteiger partial charge in [-0.05, 0) is 35.9 Å². The summed E-state index contributed by atoms with van der Waals surface area (Å²) in [7, 11) is -4.51. The van der Waals surface area contributed by atoms with Crippen molar-refractivity contribution in [2.75, 3.05) is 14.1 Å². The molecular weight excluding hydrogens is 419 g/mol. The van der Waals surface area contributed by atoms with Crippen molar-refractivity contribution in [2.24, 2.45) is 0 Å². The molecule has 0 bridgehead atoms. The fourth-order valence-corrected chi connectivity index (χ4v) is 5.01. The quantitative estimate of drug-likeness (QED) is 0.563. The highest BCUT2D eigenvalue weighted by atomic mass is 32.2. The first-order valence-electron chi connectivity index (χ1n) is 8.49. The first-order chi connectivity index (χ1) is 13.6. The minimum absolute atomic E-state index is 0.0185. The summed E-state index contributed by atoms with van der Waals surface area (Å²) in [6, 6.07) is 11.4. The van der Waals surface area contributed by atoms with Gasteiger partial charge in [0.1, 0.15) is 12.1 Å². The van der Waals surface area contributed by atoms with Gasteiger partial charge in [0.25, 0.3) is 0 Å². The van der Waals surface area contributed by atoms with Crippen LogP contribution in [0.3, 0.4) is 0 Å². The second kappa shape index (κ2) is 8.05. The van der Waals surface area contributed by atoms with Crippen LogP contribution in [0, 0.1) is 5.82 Å². The Balaban J connectivity index is 1.78. The second-order valence-electron chi connectivity index (χ2n) is 6.62. The van der Waals surface area contributed by atoms with E-state index in [-0.39, 0.29) is 22.2 Å². The van der Waals surface area contributed by atoms with Gasteiger partial charge in [0.15, 0.2) is 9.84 Å². The number of sulfone groups is 1. The zero-order valence-electron chi connectivity index (χ0n) is 15.7. The summed E-state index contributed by atoms with van der Waals surface area (Å²) in [6.07, 6.45) is 1.21. The molecule has 0 spiro atoms. The summed E-state index contributed by atoms with van der Waals surface area (Å²) < 4.78 is 69.2. The molecule has 1 heterocycles. The molecule has 0 atom stereocenters. The van der Waals surface area contributed by atoms with E-state index in [9.17, 15) is 21.2 Å². The van der Waals surface area contributed by atoms with Crippen LogP contribution in [0.25, 0.3) is 11.5 Å². The van der Waals surface area contributed by atoms with E-state index in [4.69, 9.17) is 4.42 Å². The zero-order valence-corrected chi connectivity index (χ0v) is 17.4. The SMILES string of the molecule is CN(C)S(=O)(=O)c1cccc(CS(=O)(=O)Cc2coc(-c3cccc(F)c3)n2)c1. The van der Waals surface area contributed by atoms with Crippen molar-refractivity contribution in [2.45, 2.75) is 16.4 Å². The maximum Gasteiger partial charge on any atom is 0.242 e. The molecule has 3 aromatic rings. The Hall–Kier alpha value is -2.56. The number of sulfonamides is 1. The summed E-state index contributed by atoms with van der Waals surface area (Å²) in [6.45, 7) is 0. The van der Waals surface area contributed by atoms with Crippen molar-refractivity contribution in [3.8, 4) is 11.5 Å². The molecule has 0 aliphatic heterocycles. The summed E-state index contributed by atoms with van der Waals surface area (Å²) in [5, 5.41) is 0. The maximum absolute atomic E-state index is 13.3.